The Morgan fingerprint density at radius 1 is 1.00 bits per heavy atom. The lowest BCUT2D eigenvalue weighted by molar-refractivity contribution is 0.0956. The maximum atomic E-state index is 13.3. The molecule has 0 saturated heterocycles. The van der Waals surface area contributed by atoms with Crippen LogP contribution in [0, 0.1) is 14.9 Å². The van der Waals surface area contributed by atoms with E-state index in [9.17, 15) is 10.1 Å². The van der Waals surface area contributed by atoms with Gasteiger partial charge in [-0.25, -0.2) is 10.4 Å². The van der Waals surface area contributed by atoms with Crippen molar-refractivity contribution in [1.82, 2.24) is 10.4 Å². The minimum Gasteiger partial charge on any atom is -0.490 e. The van der Waals surface area contributed by atoms with E-state index in [0.29, 0.717) is 34.9 Å². The Labute approximate surface area is 251 Å². The highest BCUT2D eigenvalue weighted by atomic mass is 127. The number of benzene rings is 4. The Hall–Kier alpha value is -4.75. The van der Waals surface area contributed by atoms with Gasteiger partial charge in [0.2, 0.25) is 0 Å². The lowest BCUT2D eigenvalue weighted by Crippen LogP contribution is -2.18. The van der Waals surface area contributed by atoms with Gasteiger partial charge in [-0.2, -0.15) is 10.4 Å². The van der Waals surface area contributed by atoms with Crippen molar-refractivity contribution in [2.75, 3.05) is 6.61 Å². The number of aromatic nitrogens is 1. The molecule has 1 amide bonds. The summed E-state index contributed by atoms with van der Waals surface area (Å²) in [7, 11) is 0. The molecular weight excluding hydrogens is 627 g/mol. The highest BCUT2D eigenvalue weighted by Gasteiger charge is 2.15. The maximum Gasteiger partial charge on any atom is 0.272 e. The van der Waals surface area contributed by atoms with Gasteiger partial charge in [0.05, 0.1) is 44.8 Å². The minimum absolute atomic E-state index is 0.230. The molecule has 0 aliphatic rings. The molecule has 5 aromatic rings. The average molecular weight is 652 g/mol. The molecule has 0 saturated carbocycles. The smallest absolute Gasteiger partial charge is 0.272 e. The quantitative estimate of drug-likeness (QED) is 0.104. The molecule has 5 rings (SSSR count). The molecule has 4 aromatic carbocycles. The molecule has 0 spiro atoms. The SMILES string of the molecule is CCOc1cc(/C=N/NC(=O)c2cc(-c3ccccc3)nc3ccccc23)cc(I)c1OCc1ccccc1C#N. The first-order chi connectivity index (χ1) is 20.1. The van der Waals surface area contributed by atoms with Gasteiger partial charge in [-0.15, -0.1) is 0 Å². The van der Waals surface area contributed by atoms with Gasteiger partial charge in [0, 0.05) is 16.5 Å². The lowest BCUT2D eigenvalue weighted by atomic mass is 10.0. The Kier molecular flexibility index (Phi) is 8.86. The molecule has 0 atom stereocenters. The molecule has 1 heterocycles. The Morgan fingerprint density at radius 3 is 2.56 bits per heavy atom. The summed E-state index contributed by atoms with van der Waals surface area (Å²) in [5, 5.41) is 14.4. The second-order valence-corrected chi connectivity index (χ2v) is 10.1. The van der Waals surface area contributed by atoms with Gasteiger partial charge < -0.3 is 9.47 Å². The molecule has 0 fully saturated rings. The number of amides is 1. The van der Waals surface area contributed by atoms with Crippen molar-refractivity contribution in [3.63, 3.8) is 0 Å². The van der Waals surface area contributed by atoms with Crippen LogP contribution in [0.5, 0.6) is 11.5 Å². The van der Waals surface area contributed by atoms with Crippen LogP contribution in [0.25, 0.3) is 22.2 Å². The molecular formula is C33H25IN4O3. The van der Waals surface area contributed by atoms with Crippen molar-refractivity contribution >= 4 is 45.6 Å². The Bertz CT molecular complexity index is 1780. The summed E-state index contributed by atoms with van der Waals surface area (Å²) >= 11 is 2.18. The van der Waals surface area contributed by atoms with Gasteiger partial charge in [0.25, 0.3) is 5.91 Å². The number of carbonyl (C=O) groups excluding carboxylic acids is 1. The molecule has 1 N–H and O–H groups in total. The molecule has 0 unspecified atom stereocenters. The highest BCUT2D eigenvalue weighted by molar-refractivity contribution is 14.1. The van der Waals surface area contributed by atoms with E-state index in [1.54, 1.807) is 18.3 Å². The topological polar surface area (TPSA) is 96.6 Å². The number of carbonyl (C=O) groups is 1. The van der Waals surface area contributed by atoms with Crippen LogP contribution in [0.4, 0.5) is 0 Å². The number of nitrogens with zero attached hydrogens (tertiary/aromatic N) is 3. The van der Waals surface area contributed by atoms with E-state index < -0.39 is 0 Å². The van der Waals surface area contributed by atoms with E-state index in [0.717, 1.165) is 31.2 Å². The average Bonchev–Trinajstić information content (AvgIpc) is 3.00. The van der Waals surface area contributed by atoms with Gasteiger partial charge in [0.15, 0.2) is 11.5 Å². The minimum atomic E-state index is -0.340. The summed E-state index contributed by atoms with van der Waals surface area (Å²) in [5.74, 6) is 0.792. The van der Waals surface area contributed by atoms with Crippen LogP contribution in [0.1, 0.15) is 34.0 Å². The van der Waals surface area contributed by atoms with Gasteiger partial charge >= 0.3 is 0 Å². The first-order valence-corrected chi connectivity index (χ1v) is 14.0. The molecule has 8 heteroatoms. The van der Waals surface area contributed by atoms with Crippen LogP contribution < -0.4 is 14.9 Å². The summed E-state index contributed by atoms with van der Waals surface area (Å²) in [5.41, 5.74) is 7.60. The molecule has 0 aliphatic heterocycles. The zero-order valence-electron chi connectivity index (χ0n) is 22.2. The first kappa shape index (κ1) is 27.8. The van der Waals surface area contributed by atoms with E-state index in [1.165, 1.54) is 0 Å². The summed E-state index contributed by atoms with van der Waals surface area (Å²) in [6.07, 6.45) is 1.57. The number of fused-ring (bicyclic) bond motifs is 1. The van der Waals surface area contributed by atoms with Crippen molar-refractivity contribution in [3.8, 4) is 28.8 Å². The third kappa shape index (κ3) is 6.53. The van der Waals surface area contributed by atoms with Crippen LogP contribution in [0.15, 0.2) is 102 Å². The summed E-state index contributed by atoms with van der Waals surface area (Å²) in [4.78, 5) is 18.0. The molecule has 1 aromatic heterocycles. The third-order valence-electron chi connectivity index (χ3n) is 6.25. The number of rotatable bonds is 9. The maximum absolute atomic E-state index is 13.3. The van der Waals surface area contributed by atoms with Gasteiger partial charge in [-0.1, -0.05) is 66.7 Å². The second kappa shape index (κ2) is 13.1. The fraction of sp³-hybridized carbons (Fsp3) is 0.0909. The highest BCUT2D eigenvalue weighted by Crippen LogP contribution is 2.35. The number of nitrogens with one attached hydrogen (secondary N) is 1. The Morgan fingerprint density at radius 2 is 1.76 bits per heavy atom. The predicted molar refractivity (Wildman–Crippen MR) is 168 cm³/mol. The summed E-state index contributed by atoms with van der Waals surface area (Å²) in [6.45, 7) is 2.57. The van der Waals surface area contributed by atoms with Crippen LogP contribution in [0.3, 0.4) is 0 Å². The number of halogens is 1. The van der Waals surface area contributed by atoms with E-state index in [1.807, 2.05) is 91.9 Å². The molecule has 0 aliphatic carbocycles. The summed E-state index contributed by atoms with van der Waals surface area (Å²) in [6, 6.07) is 32.3. The zero-order chi connectivity index (χ0) is 28.6. The van der Waals surface area contributed by atoms with E-state index >= 15 is 0 Å². The zero-order valence-corrected chi connectivity index (χ0v) is 24.3. The van der Waals surface area contributed by atoms with E-state index in [4.69, 9.17) is 14.5 Å². The number of pyridine rings is 1. The standard InChI is InChI=1S/C33H25IN4O3/c1-2-40-31-17-22(16-28(34)32(31)41-21-25-13-7-6-12-24(25)19-35)20-36-38-33(39)27-18-30(23-10-4-3-5-11-23)37-29-15-9-8-14-26(27)29/h3-18,20H,2,21H2,1H3,(H,38,39)/b36-20+. The number of hydrogen-bond acceptors (Lipinski definition) is 6. The monoisotopic (exact) mass is 652 g/mol. The van der Waals surface area contributed by atoms with Crippen molar-refractivity contribution in [2.45, 2.75) is 13.5 Å². The molecule has 0 bridgehead atoms. The molecule has 41 heavy (non-hydrogen) atoms. The number of hydrazone groups is 1. The fourth-order valence-corrected chi connectivity index (χ4v) is 5.10. The van der Waals surface area contributed by atoms with Crippen molar-refractivity contribution in [3.05, 3.63) is 123 Å². The van der Waals surface area contributed by atoms with Crippen molar-refractivity contribution < 1.29 is 14.3 Å². The number of hydrogen-bond donors (Lipinski definition) is 1. The van der Waals surface area contributed by atoms with Gasteiger partial charge in [-0.3, -0.25) is 4.79 Å². The molecule has 0 radical (unpaired) electrons. The van der Waals surface area contributed by atoms with Crippen LogP contribution in [-0.4, -0.2) is 23.7 Å². The predicted octanol–water partition coefficient (Wildman–Crippen LogP) is 7.12. The second-order valence-electron chi connectivity index (χ2n) is 8.96. The third-order valence-corrected chi connectivity index (χ3v) is 7.05. The van der Waals surface area contributed by atoms with Crippen LogP contribution >= 0.6 is 22.6 Å². The number of para-hydroxylation sites is 1. The molecule has 202 valence electrons. The van der Waals surface area contributed by atoms with E-state index in [2.05, 4.69) is 39.2 Å². The fourth-order valence-electron chi connectivity index (χ4n) is 4.32. The largest absolute Gasteiger partial charge is 0.490 e. The van der Waals surface area contributed by atoms with Crippen molar-refractivity contribution in [1.29, 1.82) is 5.26 Å². The van der Waals surface area contributed by atoms with Crippen LogP contribution in [-0.2, 0) is 6.61 Å². The molecule has 7 nitrogen and oxygen atoms in total. The lowest BCUT2D eigenvalue weighted by Gasteiger charge is -2.15. The van der Waals surface area contributed by atoms with Crippen molar-refractivity contribution in [2.24, 2.45) is 5.10 Å². The summed E-state index contributed by atoms with van der Waals surface area (Å²) < 4.78 is 12.8. The normalized spacial score (nSPS) is 10.9. The Balaban J connectivity index is 1.37. The van der Waals surface area contributed by atoms with Gasteiger partial charge in [0.1, 0.15) is 6.61 Å². The van der Waals surface area contributed by atoms with Crippen LogP contribution in [0.2, 0.25) is 0 Å². The van der Waals surface area contributed by atoms with E-state index in [-0.39, 0.29) is 12.5 Å². The first-order valence-electron chi connectivity index (χ1n) is 12.9. The number of ether oxygens (including phenoxy) is 2. The number of nitriles is 1. The van der Waals surface area contributed by atoms with Gasteiger partial charge in [-0.05, 0) is 65.4 Å².